The summed E-state index contributed by atoms with van der Waals surface area (Å²) in [5, 5.41) is 47.8. The Morgan fingerprint density at radius 1 is 0.468 bits per heavy atom. The average molecular weight is 2080 g/mol. The number of amides is 5. The van der Waals surface area contributed by atoms with Crippen LogP contribution < -0.4 is 36.9 Å². The zero-order valence-corrected chi connectivity index (χ0v) is 83.4. The number of halogens is 9. The molecule has 0 unspecified atom stereocenters. The van der Waals surface area contributed by atoms with E-state index in [1.165, 1.54) is 96.6 Å². The van der Waals surface area contributed by atoms with E-state index in [9.17, 15) is 57.4 Å². The Labute approximate surface area is 847 Å². The molecule has 17 rings (SSSR count). The fourth-order valence-corrected chi connectivity index (χ4v) is 16.7. The standard InChI is InChI=1S/C29H31ClFN5O5.C20H21ClN4O4.C19H19Cl2N3O3.C15H11Cl2N3O3.C9H12FNO2.C5H11NO.ClH/c1-16(27(38)34-25(15-37)19-9-20(31)12-22(10-19)40-2)36-14-18-4-3-17(11-23(18)28(36)39)26-24(30)13-32-29(35-26)33-21-5-7-41-8-6-21;1-11(19(27)28)25-10-13-3-2-12(8-15(13)18(25)26)17-16(21)9-22-20(24-17)23-14-4-6-29-7-5-14;1-10(17(26)27-19(2,3)4)24-9-12-6-5-11(7-13(12)16(24)25)15-14(20)8-22-18(21)23-15;1-7(14(22)23)20-6-9-3-2-8(4-10(9)13(20)21)12-11(16)5-18-15(17)19-12;1-13-8-3-6(9(11)5-12)2-7(10)4-8;6-5-1-3-7-4-2-5;/h3-4,9-13,16,21,25,37H,5-8,14-15H2,1-2H3,(H,34,38)(H,32,33,35);2-3,8-9,11,14H,4-7,10H2,1H3,(H,27,28)(H,22,23,24);5-8,10H,9H2,1-4H3;2-5,7H,6H2,1H3,(H,22,23);2-4,9,12H,5,11H2,1H3;5H,1-4,6H2;1H/t16-,25-;11-;10-;7-;9-;;/m11111../s1. The Bertz CT molecular complexity index is 6230. The number of fused-ring (bicyclic) bond motifs is 4. The molecule has 7 aliphatic rings. The summed E-state index contributed by atoms with van der Waals surface area (Å²) in [6.45, 7) is 16.6. The molecule has 11 N–H and O–H groups in total. The Balaban J connectivity index is 0.000000171. The molecule has 4 aromatic heterocycles. The smallest absolute Gasteiger partial charge is 0.329 e. The first-order valence-electron chi connectivity index (χ1n) is 44.6. The third-order valence-corrected chi connectivity index (χ3v) is 25.1. The number of aliphatic hydroxyl groups is 2. The number of ether oxygens (including phenoxy) is 6. The van der Waals surface area contributed by atoms with Crippen molar-refractivity contribution in [3.8, 4) is 56.5 Å². The number of hydrogen-bond acceptors (Lipinski definition) is 28. The molecule has 10 aromatic rings. The Morgan fingerprint density at radius 2 is 0.794 bits per heavy atom. The van der Waals surface area contributed by atoms with Crippen molar-refractivity contribution in [2.24, 2.45) is 11.5 Å². The van der Waals surface area contributed by atoms with Gasteiger partial charge in [0.05, 0.1) is 107 Å². The number of aliphatic hydroxyl groups excluding tert-OH is 2. The molecule has 7 aliphatic heterocycles. The molecule has 6 aromatic carbocycles. The summed E-state index contributed by atoms with van der Waals surface area (Å²) in [6.07, 6.45) is 11.4. The molecule has 0 radical (unpaired) electrons. The fourth-order valence-electron chi connectivity index (χ4n) is 15.6. The molecule has 0 spiro atoms. The lowest BCUT2D eigenvalue weighted by atomic mass is 10.0. The van der Waals surface area contributed by atoms with Crippen molar-refractivity contribution in [1.82, 2.24) is 64.8 Å². The average Bonchev–Trinajstić information content (AvgIpc) is 1.65. The highest BCUT2D eigenvalue weighted by Crippen LogP contribution is 2.39. The molecule has 35 nitrogen and oxygen atoms in total. The van der Waals surface area contributed by atoms with Crippen LogP contribution in [0.4, 0.5) is 20.7 Å². The minimum atomic E-state index is -1.04. The van der Waals surface area contributed by atoms with Crippen LogP contribution in [0.25, 0.3) is 45.0 Å². The van der Waals surface area contributed by atoms with Crippen LogP contribution in [0, 0.1) is 11.6 Å². The normalized spacial score (nSPS) is 16.2. The van der Waals surface area contributed by atoms with Crippen LogP contribution in [0.2, 0.25) is 30.7 Å². The van der Waals surface area contributed by atoms with Gasteiger partial charge in [0.1, 0.15) is 52.9 Å². The number of carbonyl (C=O) groups excluding carboxylic acids is 6. The first-order valence-corrected chi connectivity index (χ1v) is 46.8. The van der Waals surface area contributed by atoms with Crippen LogP contribution in [-0.4, -0.2) is 242 Å². The maximum absolute atomic E-state index is 14.0. The molecule has 5 amide bonds. The third-order valence-electron chi connectivity index (χ3n) is 23.7. The van der Waals surface area contributed by atoms with Gasteiger partial charge in [-0.2, -0.15) is 0 Å². The molecule has 141 heavy (non-hydrogen) atoms. The minimum absolute atomic E-state index is 0. The lowest BCUT2D eigenvalue weighted by Crippen LogP contribution is -2.46. The number of hydrogen-bond donors (Lipinski definition) is 9. The van der Waals surface area contributed by atoms with Gasteiger partial charge in [-0.15, -0.1) is 12.4 Å². The predicted octanol–water partition coefficient (Wildman–Crippen LogP) is 14.9. The second-order valence-corrected chi connectivity index (χ2v) is 36.8. The number of aromatic nitrogens is 8. The number of nitrogens with zero attached hydrogens (tertiary/aromatic N) is 12. The monoisotopic (exact) mass is 2080 g/mol. The number of carboxylic acids is 2. The maximum Gasteiger partial charge on any atom is 0.329 e. The van der Waals surface area contributed by atoms with Crippen molar-refractivity contribution >= 4 is 141 Å². The first-order chi connectivity index (χ1) is 66.7. The van der Waals surface area contributed by atoms with Gasteiger partial charge in [0, 0.05) is 141 Å². The van der Waals surface area contributed by atoms with E-state index in [-0.39, 0.29) is 90.7 Å². The third kappa shape index (κ3) is 28.2. The molecular formula is C97H106Cl7F2N17O18. The van der Waals surface area contributed by atoms with Gasteiger partial charge in [0.25, 0.3) is 23.6 Å². The number of anilines is 2. The first kappa shape index (κ1) is 110. The number of aliphatic carboxylic acids is 2. The van der Waals surface area contributed by atoms with E-state index >= 15 is 0 Å². The Hall–Kier alpha value is -11.8. The number of nitrogens with one attached hydrogen (secondary N) is 3. The maximum atomic E-state index is 14.0. The summed E-state index contributed by atoms with van der Waals surface area (Å²) < 4.78 is 58.1. The summed E-state index contributed by atoms with van der Waals surface area (Å²) in [6, 6.07) is 25.5. The van der Waals surface area contributed by atoms with Crippen LogP contribution >= 0.6 is 82.0 Å². The zero-order chi connectivity index (χ0) is 101. The van der Waals surface area contributed by atoms with Crippen molar-refractivity contribution in [2.75, 3.05) is 77.7 Å². The van der Waals surface area contributed by atoms with Gasteiger partial charge in [-0.1, -0.05) is 94.9 Å². The van der Waals surface area contributed by atoms with Crippen LogP contribution in [0.15, 0.2) is 134 Å². The van der Waals surface area contributed by atoms with Gasteiger partial charge in [0.2, 0.25) is 28.4 Å². The van der Waals surface area contributed by atoms with Gasteiger partial charge in [-0.05, 0) is 192 Å². The molecule has 11 heterocycles. The highest BCUT2D eigenvalue weighted by molar-refractivity contribution is 6.35. The number of esters is 1. The van der Waals surface area contributed by atoms with E-state index in [2.05, 4.69) is 55.8 Å². The topological polar surface area (TPSA) is 477 Å². The largest absolute Gasteiger partial charge is 0.497 e. The van der Waals surface area contributed by atoms with E-state index in [0.29, 0.717) is 155 Å². The zero-order valence-electron chi connectivity index (χ0n) is 78.1. The Kier molecular flexibility index (Phi) is 38.7. The summed E-state index contributed by atoms with van der Waals surface area (Å²) >= 11 is 36.7. The number of rotatable bonds is 23. The van der Waals surface area contributed by atoms with Crippen molar-refractivity contribution in [3.05, 3.63) is 232 Å². The van der Waals surface area contributed by atoms with E-state index < -0.39 is 83.9 Å². The molecule has 0 bridgehead atoms. The van der Waals surface area contributed by atoms with Gasteiger partial charge in [-0.3, -0.25) is 24.0 Å². The number of nitrogens with two attached hydrogens (primary N) is 2. The lowest BCUT2D eigenvalue weighted by molar-refractivity contribution is -0.160. The second-order valence-electron chi connectivity index (χ2n) is 34.5. The molecule has 44 heteroatoms. The molecular weight excluding hydrogens is 1980 g/mol. The van der Waals surface area contributed by atoms with Gasteiger partial charge < -0.3 is 95.9 Å². The minimum Gasteiger partial charge on any atom is -0.497 e. The number of carboxylic acid groups (broad SMARTS) is 2. The second kappa shape index (κ2) is 49.8. The highest BCUT2D eigenvalue weighted by atomic mass is 35.5. The van der Waals surface area contributed by atoms with Crippen LogP contribution in [-0.2, 0) is 64.3 Å². The SMILES string of the molecule is COc1cc(F)cc([C@@H](CO)NC(=O)[C@@H](C)N2Cc3ccc(-c4nc(NC5CCOCC5)ncc4Cl)cc3C2=O)c1.COc1cc(F)cc([C@H](N)CO)c1.C[C@H](C(=O)O)N1Cc2ccc(-c3nc(Cl)ncc3Cl)cc2C1=O.C[C@H](C(=O)O)N1Cc2ccc(-c3nc(NC4CCOCC4)ncc3Cl)cc2C1=O.C[C@H](C(=O)OC(C)(C)C)N1Cc2ccc(-c3nc(Cl)ncc3Cl)cc2C1=O.Cl.NC1CCOCC1. The molecule has 6 atom stereocenters. The molecule has 3 saturated heterocycles. The summed E-state index contributed by atoms with van der Waals surface area (Å²) in [4.78, 5) is 139. The van der Waals surface area contributed by atoms with Gasteiger partial charge in [-0.25, -0.2) is 63.0 Å². The van der Waals surface area contributed by atoms with Gasteiger partial charge >= 0.3 is 17.9 Å². The fraction of sp³-hybridized carbons (Fsp3) is 0.381. The number of methoxy groups -OCH3 is 2. The van der Waals surface area contributed by atoms with Crippen molar-refractivity contribution in [1.29, 1.82) is 0 Å². The van der Waals surface area contributed by atoms with E-state index in [0.717, 1.165) is 74.0 Å². The summed E-state index contributed by atoms with van der Waals surface area (Å²) in [5.74, 6) is -3.57. The van der Waals surface area contributed by atoms with Crippen LogP contribution in [0.5, 0.6) is 11.5 Å². The molecule has 750 valence electrons. The van der Waals surface area contributed by atoms with Crippen molar-refractivity contribution in [3.63, 3.8) is 0 Å². The van der Waals surface area contributed by atoms with Gasteiger partial charge in [0.15, 0.2) is 0 Å². The lowest BCUT2D eigenvalue weighted by Gasteiger charge is -2.27. The molecule has 0 saturated carbocycles. The predicted molar refractivity (Wildman–Crippen MR) is 526 cm³/mol. The van der Waals surface area contributed by atoms with E-state index in [1.54, 1.807) is 83.3 Å². The Morgan fingerprint density at radius 3 is 1.12 bits per heavy atom. The van der Waals surface area contributed by atoms with Crippen LogP contribution in [0.3, 0.4) is 0 Å². The van der Waals surface area contributed by atoms with E-state index in [4.69, 9.17) is 120 Å². The van der Waals surface area contributed by atoms with Crippen LogP contribution in [0.1, 0.15) is 174 Å². The molecule has 3 fully saturated rings. The summed E-state index contributed by atoms with van der Waals surface area (Å²) in [5.41, 5.74) is 20.9. The quantitative estimate of drug-likeness (QED) is 0.0212. The number of benzene rings is 6. The number of carbonyl (C=O) groups is 8. The molecule has 0 aliphatic carbocycles. The summed E-state index contributed by atoms with van der Waals surface area (Å²) in [7, 11) is 2.85. The van der Waals surface area contributed by atoms with Crippen molar-refractivity contribution < 1.29 is 96.0 Å². The van der Waals surface area contributed by atoms with Crippen molar-refractivity contribution in [2.45, 2.75) is 173 Å². The van der Waals surface area contributed by atoms with E-state index in [1.807, 2.05) is 36.4 Å². The highest BCUT2D eigenvalue weighted by Gasteiger charge is 2.41.